The van der Waals surface area contributed by atoms with Crippen LogP contribution in [0.25, 0.3) is 0 Å². The smallest absolute Gasteiger partial charge is 0.303 e. The van der Waals surface area contributed by atoms with Gasteiger partial charge >= 0.3 is 17.9 Å². The van der Waals surface area contributed by atoms with Gasteiger partial charge in [-0.25, -0.2) is 0 Å². The van der Waals surface area contributed by atoms with Crippen LogP contribution >= 0.6 is 0 Å². The van der Waals surface area contributed by atoms with E-state index in [0.717, 1.165) is 0 Å². The maximum Gasteiger partial charge on any atom is 0.303 e. The zero-order chi connectivity index (χ0) is 12.9. The number of carboxylic acids is 3. The van der Waals surface area contributed by atoms with Gasteiger partial charge in [0, 0.05) is 37.8 Å². The van der Waals surface area contributed by atoms with E-state index in [1.54, 1.807) is 20.8 Å². The second-order valence-electron chi connectivity index (χ2n) is 2.24. The summed E-state index contributed by atoms with van der Waals surface area (Å²) >= 11 is 0. The van der Waals surface area contributed by atoms with Gasteiger partial charge in [0.05, 0.1) is 0 Å². The first-order chi connectivity index (χ1) is 6.81. The van der Waals surface area contributed by atoms with Crippen LogP contribution in [0.5, 0.6) is 0 Å². The Kier molecular flexibility index (Phi) is 29.7. The molecule has 0 aromatic carbocycles. The number of hydrogen-bond donors (Lipinski definition) is 3. The fourth-order valence-corrected chi connectivity index (χ4v) is 0. The minimum atomic E-state index is -0.745. The third kappa shape index (κ3) is 74.9. The Bertz CT molecular complexity index is 159. The Hall–Kier alpha value is -1.01. The van der Waals surface area contributed by atoms with Crippen LogP contribution in [0.3, 0.4) is 0 Å². The van der Waals surface area contributed by atoms with E-state index < -0.39 is 17.9 Å². The zero-order valence-corrected chi connectivity index (χ0v) is 11.0. The maximum absolute atomic E-state index is 9.37. The Labute approximate surface area is 107 Å². The van der Waals surface area contributed by atoms with E-state index >= 15 is 0 Å². The molecule has 0 aliphatic carbocycles. The molecule has 0 amide bonds. The summed E-state index contributed by atoms with van der Waals surface area (Å²) in [6, 6.07) is 0. The molecule has 16 heavy (non-hydrogen) atoms. The largest absolute Gasteiger partial charge is 0.481 e. The summed E-state index contributed by atoms with van der Waals surface area (Å²) in [5.74, 6) is -2.24. The summed E-state index contributed by atoms with van der Waals surface area (Å²) in [5.41, 5.74) is 0. The van der Waals surface area contributed by atoms with Gasteiger partial charge in [-0.1, -0.05) is 20.8 Å². The first-order valence-corrected chi connectivity index (χ1v) is 4.47. The summed E-state index contributed by atoms with van der Waals surface area (Å²) < 4.78 is 0. The third-order valence-corrected chi connectivity index (χ3v) is 0.907. The Balaban J connectivity index is -0.0000000655. The van der Waals surface area contributed by atoms with E-state index in [4.69, 9.17) is 15.3 Å². The molecule has 7 heteroatoms. The summed E-state index contributed by atoms with van der Waals surface area (Å²) in [6.45, 7) is 4.80. The fourth-order valence-electron chi connectivity index (χ4n) is 0. The predicted molar refractivity (Wildman–Crippen MR) is 53.8 cm³/mol. The summed E-state index contributed by atoms with van der Waals surface area (Å²) in [5, 5.41) is 23.2. The van der Waals surface area contributed by atoms with Crippen LogP contribution in [0.4, 0.5) is 0 Å². The molecular weight excluding hydrogens is 255 g/mol. The maximum atomic E-state index is 9.37. The molecule has 6 nitrogen and oxygen atoms in total. The van der Waals surface area contributed by atoms with Gasteiger partial charge in [0.1, 0.15) is 0 Å². The van der Waals surface area contributed by atoms with Gasteiger partial charge in [0.25, 0.3) is 0 Å². The first kappa shape index (κ1) is 24.3. The molecule has 0 rings (SSSR count). The van der Waals surface area contributed by atoms with Gasteiger partial charge in [-0.05, 0) is 0 Å². The predicted octanol–water partition coefficient (Wildman–Crippen LogP) is 1.44. The van der Waals surface area contributed by atoms with Gasteiger partial charge in [0.2, 0.25) is 0 Å². The van der Waals surface area contributed by atoms with Gasteiger partial charge in [-0.15, -0.1) is 0 Å². The Morgan fingerprint density at radius 1 is 0.688 bits per heavy atom. The second kappa shape index (κ2) is 19.5. The van der Waals surface area contributed by atoms with Crippen molar-refractivity contribution in [3.8, 4) is 0 Å². The van der Waals surface area contributed by atoms with Gasteiger partial charge in [-0.3, -0.25) is 14.4 Å². The van der Waals surface area contributed by atoms with Gasteiger partial charge < -0.3 is 15.3 Å². The molecule has 0 fully saturated rings. The van der Waals surface area contributed by atoms with Crippen LogP contribution in [-0.2, 0) is 32.9 Å². The molecule has 0 aromatic heterocycles. The number of aliphatic carboxylic acids is 3. The van der Waals surface area contributed by atoms with Crippen molar-refractivity contribution >= 4 is 17.9 Å². The Morgan fingerprint density at radius 3 is 0.750 bits per heavy atom. The van der Waals surface area contributed by atoms with E-state index in [1.165, 1.54) is 0 Å². The Morgan fingerprint density at radius 2 is 0.750 bits per heavy atom. The number of hydrogen-bond acceptors (Lipinski definition) is 3. The van der Waals surface area contributed by atoms with Crippen molar-refractivity contribution in [3.05, 3.63) is 0 Å². The minimum Gasteiger partial charge on any atom is -0.481 e. The van der Waals surface area contributed by atoms with Crippen molar-refractivity contribution in [3.63, 3.8) is 0 Å². The van der Waals surface area contributed by atoms with Crippen LogP contribution in [-0.4, -0.2) is 33.2 Å². The van der Waals surface area contributed by atoms with Crippen molar-refractivity contribution < 1.29 is 48.3 Å². The van der Waals surface area contributed by atoms with Crippen LogP contribution in [0.1, 0.15) is 40.0 Å². The van der Waals surface area contributed by atoms with Crippen molar-refractivity contribution in [2.45, 2.75) is 40.0 Å². The molecule has 0 aliphatic rings. The number of carboxylic acid groups (broad SMARTS) is 3. The second-order valence-corrected chi connectivity index (χ2v) is 2.24. The molecule has 0 saturated heterocycles. The molecule has 0 unspecified atom stereocenters. The van der Waals surface area contributed by atoms with Crippen molar-refractivity contribution in [1.29, 1.82) is 0 Å². The molecule has 95 valence electrons. The van der Waals surface area contributed by atoms with E-state index in [2.05, 4.69) is 0 Å². The monoisotopic (exact) mass is 273 g/mol. The summed E-state index contributed by atoms with van der Waals surface area (Å²) in [4.78, 5) is 28.1. The molecule has 1 radical (unpaired) electrons. The minimum absolute atomic E-state index is 0. The van der Waals surface area contributed by atoms with Crippen molar-refractivity contribution in [2.75, 3.05) is 0 Å². The van der Waals surface area contributed by atoms with E-state index in [0.29, 0.717) is 0 Å². The molecule has 0 aliphatic heterocycles. The quantitative estimate of drug-likeness (QED) is 0.717. The topological polar surface area (TPSA) is 112 Å². The van der Waals surface area contributed by atoms with Crippen LogP contribution < -0.4 is 0 Å². The molecule has 0 spiro atoms. The fraction of sp³-hybridized carbons (Fsp3) is 0.667. The molecule has 3 N–H and O–H groups in total. The van der Waals surface area contributed by atoms with Crippen LogP contribution in [0, 0.1) is 0 Å². The van der Waals surface area contributed by atoms with Crippen LogP contribution in [0.2, 0.25) is 0 Å². The van der Waals surface area contributed by atoms with Gasteiger partial charge in [-0.2, -0.15) is 0 Å². The number of rotatable bonds is 3. The van der Waals surface area contributed by atoms with Crippen molar-refractivity contribution in [1.82, 2.24) is 0 Å². The molecule has 0 heterocycles. The van der Waals surface area contributed by atoms with E-state index in [-0.39, 0.29) is 37.8 Å². The molecule has 0 bridgehead atoms. The summed E-state index contributed by atoms with van der Waals surface area (Å²) in [7, 11) is 0. The average molecular weight is 273 g/mol. The molecule has 0 saturated carbocycles. The zero-order valence-electron chi connectivity index (χ0n) is 9.63. The van der Waals surface area contributed by atoms with E-state index in [9.17, 15) is 14.4 Å². The normalized spacial score (nSPS) is 6.94. The summed E-state index contributed by atoms with van der Waals surface area (Å²) in [6.07, 6.45) is 0.667. The number of carbonyl (C=O) groups is 3. The SMILES string of the molecule is CCC(=O)O.CCC(=O)O.CCC(=O)O.[V]. The van der Waals surface area contributed by atoms with Crippen LogP contribution in [0.15, 0.2) is 0 Å². The van der Waals surface area contributed by atoms with Gasteiger partial charge in [0.15, 0.2) is 0 Å². The molecule has 0 atom stereocenters. The average Bonchev–Trinajstić information content (AvgIpc) is 2.19. The standard InChI is InChI=1S/3C3H6O2.V/c3*1-2-3(4)5;/h3*2H2,1H3,(H,4,5);. The van der Waals surface area contributed by atoms with Crippen molar-refractivity contribution in [2.24, 2.45) is 0 Å². The van der Waals surface area contributed by atoms with E-state index in [1.807, 2.05) is 0 Å². The molecular formula is C9H18O6V. The molecule has 0 aromatic rings. The third-order valence-electron chi connectivity index (χ3n) is 0.907. The first-order valence-electron chi connectivity index (χ1n) is 4.47.